The van der Waals surface area contributed by atoms with Crippen molar-refractivity contribution in [2.75, 3.05) is 6.61 Å². The third kappa shape index (κ3) is 3.21. The molecule has 0 aliphatic heterocycles. The lowest BCUT2D eigenvalue weighted by atomic mass is 10.1. The van der Waals surface area contributed by atoms with E-state index in [1.165, 1.54) is 0 Å². The maximum atomic E-state index is 11.0. The van der Waals surface area contributed by atoms with Crippen LogP contribution in [0.4, 0.5) is 5.69 Å². The Labute approximate surface area is 120 Å². The van der Waals surface area contributed by atoms with Gasteiger partial charge < -0.3 is 4.74 Å². The van der Waals surface area contributed by atoms with Crippen LogP contribution in [0.5, 0.6) is 5.75 Å². The lowest BCUT2D eigenvalue weighted by Gasteiger charge is -2.06. The van der Waals surface area contributed by atoms with Gasteiger partial charge in [0, 0.05) is 5.56 Å². The minimum Gasteiger partial charge on any atom is -0.494 e. The second-order valence-corrected chi connectivity index (χ2v) is 4.34. The fraction of sp³-hybridized carbons (Fsp3) is 0.231. The molecule has 1 aromatic heterocycles. The molecule has 1 heterocycles. The highest BCUT2D eigenvalue weighted by Gasteiger charge is 2.18. The smallest absolute Gasteiger partial charge is 0.313 e. The van der Waals surface area contributed by atoms with E-state index in [0.717, 1.165) is 12.6 Å². The normalized spacial score (nSPS) is 10.3. The van der Waals surface area contributed by atoms with E-state index in [-0.39, 0.29) is 16.7 Å². The third-order valence-corrected chi connectivity index (χ3v) is 2.72. The highest BCUT2D eigenvalue weighted by molar-refractivity contribution is 6.28. The van der Waals surface area contributed by atoms with Gasteiger partial charge in [0.15, 0.2) is 5.69 Å². The van der Waals surface area contributed by atoms with Crippen LogP contribution in [0, 0.1) is 10.1 Å². The van der Waals surface area contributed by atoms with Gasteiger partial charge in [0.05, 0.1) is 11.5 Å². The van der Waals surface area contributed by atoms with Crippen LogP contribution in [-0.2, 0) is 0 Å². The van der Waals surface area contributed by atoms with Crippen molar-refractivity contribution in [2.45, 2.75) is 13.3 Å². The maximum Gasteiger partial charge on any atom is 0.313 e. The molecule has 0 fully saturated rings. The number of nitro groups is 1. The van der Waals surface area contributed by atoms with Crippen molar-refractivity contribution < 1.29 is 9.66 Å². The summed E-state index contributed by atoms with van der Waals surface area (Å²) in [6.07, 6.45) is 2.01. The van der Waals surface area contributed by atoms with Crippen LogP contribution in [0.1, 0.15) is 13.3 Å². The van der Waals surface area contributed by atoms with Crippen molar-refractivity contribution >= 4 is 17.3 Å². The van der Waals surface area contributed by atoms with Gasteiger partial charge >= 0.3 is 5.69 Å². The van der Waals surface area contributed by atoms with Gasteiger partial charge in [0.25, 0.3) is 0 Å². The molecule has 0 saturated carbocycles. The Balaban J connectivity index is 2.36. The van der Waals surface area contributed by atoms with Gasteiger partial charge in [0.1, 0.15) is 11.9 Å². The second kappa shape index (κ2) is 6.29. The van der Waals surface area contributed by atoms with Crippen LogP contribution >= 0.6 is 11.6 Å². The molecule has 0 aliphatic carbocycles. The zero-order valence-electron chi connectivity index (χ0n) is 10.7. The van der Waals surface area contributed by atoms with Crippen molar-refractivity contribution in [3.8, 4) is 17.0 Å². The first kappa shape index (κ1) is 14.2. The van der Waals surface area contributed by atoms with Crippen LogP contribution in [0.3, 0.4) is 0 Å². The van der Waals surface area contributed by atoms with E-state index < -0.39 is 4.92 Å². The third-order valence-electron chi connectivity index (χ3n) is 2.54. The molecule has 0 atom stereocenters. The van der Waals surface area contributed by atoms with Crippen LogP contribution in [0.15, 0.2) is 30.5 Å². The highest BCUT2D eigenvalue weighted by atomic mass is 35.5. The molecule has 1 aromatic carbocycles. The Morgan fingerprint density at radius 2 is 2.05 bits per heavy atom. The van der Waals surface area contributed by atoms with Crippen LogP contribution in [-0.4, -0.2) is 21.5 Å². The minimum atomic E-state index is -0.535. The molecule has 2 rings (SSSR count). The SMILES string of the molecule is CCCOc1ccc(-c2nc(Cl)ncc2[N+](=O)[O-])cc1. The van der Waals surface area contributed by atoms with Crippen molar-refractivity contribution in [3.63, 3.8) is 0 Å². The molecule has 0 unspecified atom stereocenters. The van der Waals surface area contributed by atoms with Crippen LogP contribution in [0.2, 0.25) is 5.28 Å². The predicted molar refractivity (Wildman–Crippen MR) is 74.9 cm³/mol. The lowest BCUT2D eigenvalue weighted by Crippen LogP contribution is -1.98. The van der Waals surface area contributed by atoms with Gasteiger partial charge in [0.2, 0.25) is 5.28 Å². The van der Waals surface area contributed by atoms with Gasteiger partial charge in [-0.3, -0.25) is 10.1 Å². The van der Waals surface area contributed by atoms with Crippen molar-refractivity contribution in [3.05, 3.63) is 45.9 Å². The summed E-state index contributed by atoms with van der Waals surface area (Å²) in [5.74, 6) is 0.707. The number of ether oxygens (including phenoxy) is 1. The van der Waals surface area contributed by atoms with Crippen LogP contribution in [0.25, 0.3) is 11.3 Å². The van der Waals surface area contributed by atoms with Crippen LogP contribution < -0.4 is 4.74 Å². The zero-order valence-corrected chi connectivity index (χ0v) is 11.5. The molecule has 0 radical (unpaired) electrons. The summed E-state index contributed by atoms with van der Waals surface area (Å²) in [6.45, 7) is 2.64. The predicted octanol–water partition coefficient (Wildman–Crippen LogP) is 3.49. The van der Waals surface area contributed by atoms with E-state index >= 15 is 0 Å². The number of hydrogen-bond acceptors (Lipinski definition) is 5. The van der Waals surface area contributed by atoms with E-state index in [9.17, 15) is 10.1 Å². The Kier molecular flexibility index (Phi) is 4.47. The standard InChI is InChI=1S/C13H12ClN3O3/c1-2-7-20-10-5-3-9(4-6-10)12-11(17(18)19)8-15-13(14)16-12/h3-6,8H,2,7H2,1H3. The second-order valence-electron chi connectivity index (χ2n) is 4.00. The number of aromatic nitrogens is 2. The summed E-state index contributed by atoms with van der Waals surface area (Å²) < 4.78 is 5.45. The summed E-state index contributed by atoms with van der Waals surface area (Å²) in [6, 6.07) is 6.89. The van der Waals surface area contributed by atoms with Gasteiger partial charge in [-0.25, -0.2) is 9.97 Å². The molecule has 7 heteroatoms. The molecule has 0 amide bonds. The van der Waals surface area contributed by atoms with Crippen molar-refractivity contribution in [1.82, 2.24) is 9.97 Å². The quantitative estimate of drug-likeness (QED) is 0.479. The van der Waals surface area contributed by atoms with Gasteiger partial charge in [-0.2, -0.15) is 0 Å². The topological polar surface area (TPSA) is 78.2 Å². The minimum absolute atomic E-state index is 0.0306. The molecule has 20 heavy (non-hydrogen) atoms. The monoisotopic (exact) mass is 293 g/mol. The molecule has 2 aromatic rings. The molecule has 6 nitrogen and oxygen atoms in total. The Morgan fingerprint density at radius 3 is 2.65 bits per heavy atom. The van der Waals surface area contributed by atoms with Gasteiger partial charge in [-0.05, 0) is 42.3 Å². The van der Waals surface area contributed by atoms with Crippen molar-refractivity contribution in [1.29, 1.82) is 0 Å². The number of nitrogens with zero attached hydrogens (tertiary/aromatic N) is 3. The van der Waals surface area contributed by atoms with E-state index in [1.54, 1.807) is 24.3 Å². The number of halogens is 1. The average Bonchev–Trinajstić information content (AvgIpc) is 2.45. The molecular formula is C13H12ClN3O3. The number of rotatable bonds is 5. The number of hydrogen-bond donors (Lipinski definition) is 0. The Bertz CT molecular complexity index is 617. The summed E-state index contributed by atoms with van der Waals surface area (Å²) in [7, 11) is 0. The first-order valence-corrected chi connectivity index (χ1v) is 6.39. The summed E-state index contributed by atoms with van der Waals surface area (Å²) in [4.78, 5) is 18.0. The van der Waals surface area contributed by atoms with E-state index in [0.29, 0.717) is 17.9 Å². The summed E-state index contributed by atoms with van der Waals surface area (Å²) in [5, 5.41) is 10.9. The average molecular weight is 294 g/mol. The van der Waals surface area contributed by atoms with Crippen molar-refractivity contribution in [2.24, 2.45) is 0 Å². The number of benzene rings is 1. The first-order valence-electron chi connectivity index (χ1n) is 6.02. The summed E-state index contributed by atoms with van der Waals surface area (Å²) >= 11 is 5.70. The Morgan fingerprint density at radius 1 is 1.35 bits per heavy atom. The van der Waals surface area contributed by atoms with E-state index in [1.807, 2.05) is 6.92 Å². The molecule has 0 saturated heterocycles. The first-order chi connectivity index (χ1) is 9.61. The highest BCUT2D eigenvalue weighted by Crippen LogP contribution is 2.29. The molecule has 0 bridgehead atoms. The Hall–Kier alpha value is -2.21. The maximum absolute atomic E-state index is 11.0. The van der Waals surface area contributed by atoms with E-state index in [4.69, 9.17) is 16.3 Å². The molecule has 0 N–H and O–H groups in total. The fourth-order valence-electron chi connectivity index (χ4n) is 1.63. The fourth-order valence-corrected chi connectivity index (χ4v) is 1.76. The largest absolute Gasteiger partial charge is 0.494 e. The molecular weight excluding hydrogens is 282 g/mol. The van der Waals surface area contributed by atoms with Gasteiger partial charge in [-0.15, -0.1) is 0 Å². The molecule has 0 spiro atoms. The summed E-state index contributed by atoms with van der Waals surface area (Å²) in [5.41, 5.74) is 0.596. The van der Waals surface area contributed by atoms with E-state index in [2.05, 4.69) is 9.97 Å². The molecule has 104 valence electrons. The lowest BCUT2D eigenvalue weighted by molar-refractivity contribution is -0.384. The molecule has 0 aliphatic rings. The zero-order chi connectivity index (χ0) is 14.5. The van der Waals surface area contributed by atoms with Gasteiger partial charge in [-0.1, -0.05) is 6.92 Å².